The Balaban J connectivity index is 1.76. The van der Waals surface area contributed by atoms with Gasteiger partial charge in [-0.25, -0.2) is 0 Å². The molecule has 82 valence electrons. The number of rotatable bonds is 2. The predicted molar refractivity (Wildman–Crippen MR) is 64.0 cm³/mol. The molecule has 3 heteroatoms. The topological polar surface area (TPSA) is 15.3 Å². The minimum absolute atomic E-state index is 0.825. The molecule has 14 heavy (non-hydrogen) atoms. The van der Waals surface area contributed by atoms with E-state index in [9.17, 15) is 0 Å². The van der Waals surface area contributed by atoms with E-state index >= 15 is 0 Å². The Bertz CT molecular complexity index is 169. The molecule has 2 fully saturated rings. The van der Waals surface area contributed by atoms with Gasteiger partial charge in [-0.3, -0.25) is 4.90 Å². The Morgan fingerprint density at radius 3 is 3.07 bits per heavy atom. The van der Waals surface area contributed by atoms with Crippen molar-refractivity contribution in [2.75, 3.05) is 31.9 Å². The second-order valence-electron chi connectivity index (χ2n) is 4.54. The van der Waals surface area contributed by atoms with Gasteiger partial charge in [0.25, 0.3) is 0 Å². The van der Waals surface area contributed by atoms with Crippen LogP contribution in [0.15, 0.2) is 0 Å². The van der Waals surface area contributed by atoms with Gasteiger partial charge in [-0.2, -0.15) is 11.8 Å². The van der Waals surface area contributed by atoms with Gasteiger partial charge in [0.05, 0.1) is 0 Å². The highest BCUT2D eigenvalue weighted by Crippen LogP contribution is 2.21. The van der Waals surface area contributed by atoms with Crippen LogP contribution in [0.4, 0.5) is 0 Å². The maximum Gasteiger partial charge on any atom is 0.0300 e. The summed E-state index contributed by atoms with van der Waals surface area (Å²) in [4.78, 5) is 2.69. The number of piperidine rings is 1. The smallest absolute Gasteiger partial charge is 0.0300 e. The van der Waals surface area contributed by atoms with Crippen molar-refractivity contribution in [3.05, 3.63) is 0 Å². The summed E-state index contributed by atoms with van der Waals surface area (Å²) in [6, 6.07) is 0.825. The molecule has 2 rings (SSSR count). The zero-order valence-electron chi connectivity index (χ0n) is 9.17. The second kappa shape index (κ2) is 5.38. The normalized spacial score (nSPS) is 35.8. The van der Waals surface area contributed by atoms with Crippen LogP contribution >= 0.6 is 11.8 Å². The monoisotopic (exact) mass is 214 g/mol. The number of hydrogen-bond acceptors (Lipinski definition) is 3. The third-order valence-corrected chi connectivity index (χ3v) is 4.61. The average Bonchev–Trinajstić information content (AvgIpc) is 2.23. The van der Waals surface area contributed by atoms with Crippen molar-refractivity contribution in [2.24, 2.45) is 0 Å². The maximum atomic E-state index is 3.49. The van der Waals surface area contributed by atoms with Crippen LogP contribution in [0.1, 0.15) is 26.2 Å². The van der Waals surface area contributed by atoms with Gasteiger partial charge in [-0.15, -0.1) is 0 Å². The summed E-state index contributed by atoms with van der Waals surface area (Å²) in [7, 11) is 0. The first kappa shape index (κ1) is 10.8. The van der Waals surface area contributed by atoms with Gasteiger partial charge in [-0.1, -0.05) is 6.42 Å². The zero-order valence-corrected chi connectivity index (χ0v) is 9.98. The summed E-state index contributed by atoms with van der Waals surface area (Å²) in [5.74, 6) is 1.30. The van der Waals surface area contributed by atoms with Gasteiger partial charge < -0.3 is 5.32 Å². The number of likely N-dealkylation sites (tertiary alicyclic amines) is 1. The quantitative estimate of drug-likeness (QED) is 0.751. The Morgan fingerprint density at radius 2 is 2.36 bits per heavy atom. The molecule has 0 spiro atoms. The summed E-state index contributed by atoms with van der Waals surface area (Å²) < 4.78 is 0. The van der Waals surface area contributed by atoms with Crippen molar-refractivity contribution in [1.82, 2.24) is 10.2 Å². The van der Waals surface area contributed by atoms with Crippen LogP contribution in [-0.2, 0) is 0 Å². The van der Waals surface area contributed by atoms with Gasteiger partial charge >= 0.3 is 0 Å². The fourth-order valence-corrected chi connectivity index (χ4v) is 3.56. The average molecular weight is 214 g/mol. The molecule has 0 aromatic heterocycles. The standard InChI is InChI=1S/C11H22N2S/c1-10-4-2-3-6-13(10)9-11-8-12-5-7-14-11/h10-12H,2-9H2,1H3. The minimum Gasteiger partial charge on any atom is -0.315 e. The molecule has 1 N–H and O–H groups in total. The molecule has 0 saturated carbocycles. The summed E-state index contributed by atoms with van der Waals surface area (Å²) in [5, 5.41) is 4.33. The highest BCUT2D eigenvalue weighted by atomic mass is 32.2. The van der Waals surface area contributed by atoms with Crippen molar-refractivity contribution >= 4 is 11.8 Å². The lowest BCUT2D eigenvalue weighted by Crippen LogP contribution is -2.45. The van der Waals surface area contributed by atoms with Crippen LogP contribution in [0.5, 0.6) is 0 Å². The van der Waals surface area contributed by atoms with Gasteiger partial charge in [0.15, 0.2) is 0 Å². The van der Waals surface area contributed by atoms with Crippen molar-refractivity contribution in [3.8, 4) is 0 Å². The molecular formula is C11H22N2S. The molecule has 0 amide bonds. The van der Waals surface area contributed by atoms with E-state index in [1.54, 1.807) is 0 Å². The summed E-state index contributed by atoms with van der Waals surface area (Å²) >= 11 is 2.15. The summed E-state index contributed by atoms with van der Waals surface area (Å²) in [5.41, 5.74) is 0. The molecule has 2 aliphatic heterocycles. The lowest BCUT2D eigenvalue weighted by atomic mass is 10.0. The van der Waals surface area contributed by atoms with E-state index in [-0.39, 0.29) is 0 Å². The Morgan fingerprint density at radius 1 is 1.43 bits per heavy atom. The molecule has 2 saturated heterocycles. The molecule has 2 atom stereocenters. The van der Waals surface area contributed by atoms with E-state index in [1.165, 1.54) is 51.2 Å². The molecule has 0 bridgehead atoms. The van der Waals surface area contributed by atoms with Crippen LogP contribution < -0.4 is 5.32 Å². The fourth-order valence-electron chi connectivity index (χ4n) is 2.43. The fraction of sp³-hybridized carbons (Fsp3) is 1.00. The molecule has 0 aromatic carbocycles. The summed E-state index contributed by atoms with van der Waals surface area (Å²) in [6.45, 7) is 7.45. The Labute approximate surface area is 91.8 Å². The van der Waals surface area contributed by atoms with Crippen molar-refractivity contribution in [3.63, 3.8) is 0 Å². The molecule has 0 radical (unpaired) electrons. The van der Waals surface area contributed by atoms with E-state index < -0.39 is 0 Å². The molecule has 0 aromatic rings. The molecule has 2 aliphatic rings. The largest absolute Gasteiger partial charge is 0.315 e. The van der Waals surface area contributed by atoms with E-state index in [2.05, 4.69) is 28.9 Å². The maximum absolute atomic E-state index is 3.49. The number of nitrogens with one attached hydrogen (secondary N) is 1. The molecule has 0 aliphatic carbocycles. The third-order valence-electron chi connectivity index (χ3n) is 3.38. The highest BCUT2D eigenvalue weighted by Gasteiger charge is 2.22. The van der Waals surface area contributed by atoms with Crippen LogP contribution in [-0.4, -0.2) is 48.1 Å². The van der Waals surface area contributed by atoms with Crippen molar-refractivity contribution in [1.29, 1.82) is 0 Å². The van der Waals surface area contributed by atoms with Crippen LogP contribution in [0.3, 0.4) is 0 Å². The van der Waals surface area contributed by atoms with E-state index in [0.29, 0.717) is 0 Å². The molecule has 2 nitrogen and oxygen atoms in total. The van der Waals surface area contributed by atoms with E-state index in [0.717, 1.165) is 11.3 Å². The van der Waals surface area contributed by atoms with E-state index in [1.807, 2.05) is 0 Å². The first-order valence-electron chi connectivity index (χ1n) is 5.92. The number of hydrogen-bond donors (Lipinski definition) is 1. The Hall–Kier alpha value is 0.270. The lowest BCUT2D eigenvalue weighted by Gasteiger charge is -2.36. The first-order valence-corrected chi connectivity index (χ1v) is 6.97. The van der Waals surface area contributed by atoms with Crippen LogP contribution in [0, 0.1) is 0 Å². The van der Waals surface area contributed by atoms with Gasteiger partial charge in [0.1, 0.15) is 0 Å². The predicted octanol–water partition coefficient (Wildman–Crippen LogP) is 1.57. The zero-order chi connectivity index (χ0) is 9.80. The lowest BCUT2D eigenvalue weighted by molar-refractivity contribution is 0.161. The second-order valence-corrected chi connectivity index (χ2v) is 5.94. The molecule has 2 heterocycles. The van der Waals surface area contributed by atoms with Gasteiger partial charge in [0, 0.05) is 36.7 Å². The third kappa shape index (κ3) is 2.88. The SMILES string of the molecule is CC1CCCCN1CC1CNCCS1. The minimum atomic E-state index is 0.825. The van der Waals surface area contributed by atoms with Crippen molar-refractivity contribution < 1.29 is 0 Å². The number of nitrogens with zero attached hydrogens (tertiary/aromatic N) is 1. The van der Waals surface area contributed by atoms with E-state index in [4.69, 9.17) is 0 Å². The van der Waals surface area contributed by atoms with Gasteiger partial charge in [0.2, 0.25) is 0 Å². The number of thioether (sulfide) groups is 1. The molecular weight excluding hydrogens is 192 g/mol. The van der Waals surface area contributed by atoms with Crippen molar-refractivity contribution in [2.45, 2.75) is 37.5 Å². The van der Waals surface area contributed by atoms with Gasteiger partial charge in [-0.05, 0) is 26.3 Å². The van der Waals surface area contributed by atoms with Crippen LogP contribution in [0.25, 0.3) is 0 Å². The summed E-state index contributed by atoms with van der Waals surface area (Å²) in [6.07, 6.45) is 4.26. The molecule has 2 unspecified atom stereocenters. The Kier molecular flexibility index (Phi) is 4.14. The van der Waals surface area contributed by atoms with Crippen LogP contribution in [0.2, 0.25) is 0 Å². The highest BCUT2D eigenvalue weighted by molar-refractivity contribution is 8.00. The first-order chi connectivity index (χ1) is 6.86.